The molecular formula is C25H26Cl2N2O2S. The fourth-order valence-corrected chi connectivity index (χ4v) is 6.11. The summed E-state index contributed by atoms with van der Waals surface area (Å²) < 4.78 is 28.2. The summed E-state index contributed by atoms with van der Waals surface area (Å²) in [7, 11) is -3.45. The number of halogens is 2. The summed E-state index contributed by atoms with van der Waals surface area (Å²) >= 11 is 12.4. The molecule has 0 aliphatic carbocycles. The van der Waals surface area contributed by atoms with Gasteiger partial charge in [-0.2, -0.15) is 4.31 Å². The highest BCUT2D eigenvalue weighted by Gasteiger charge is 2.35. The first-order chi connectivity index (χ1) is 15.4. The molecule has 3 aromatic carbocycles. The van der Waals surface area contributed by atoms with Crippen LogP contribution in [0.2, 0.25) is 10.0 Å². The van der Waals surface area contributed by atoms with Crippen molar-refractivity contribution in [3.63, 3.8) is 0 Å². The van der Waals surface area contributed by atoms with E-state index in [1.165, 1.54) is 0 Å². The molecule has 1 aliphatic rings. The molecule has 1 saturated heterocycles. The molecule has 7 heteroatoms. The summed E-state index contributed by atoms with van der Waals surface area (Å²) in [6.45, 7) is 3.51. The van der Waals surface area contributed by atoms with Crippen LogP contribution < -0.4 is 4.90 Å². The standard InChI is InChI=1S/C25H26Cl2N2O2S/c1-2-20-16-23(27)12-13-24(20)29-15-14-28(17-25(29)21-8-10-22(26)11-9-21)32(30,31)18-19-6-4-3-5-7-19/h3-13,16,25H,2,14-15,17-18H2,1H3. The summed E-state index contributed by atoms with van der Waals surface area (Å²) in [4.78, 5) is 2.30. The Labute approximate surface area is 200 Å². The molecule has 32 heavy (non-hydrogen) atoms. The average Bonchev–Trinajstić information content (AvgIpc) is 2.79. The molecule has 3 aromatic rings. The van der Waals surface area contributed by atoms with E-state index >= 15 is 0 Å². The van der Waals surface area contributed by atoms with E-state index in [1.54, 1.807) is 4.31 Å². The molecule has 0 spiro atoms. The van der Waals surface area contributed by atoms with Crippen molar-refractivity contribution in [2.45, 2.75) is 25.1 Å². The Morgan fingerprint density at radius 3 is 2.28 bits per heavy atom. The van der Waals surface area contributed by atoms with Gasteiger partial charge in [-0.25, -0.2) is 8.42 Å². The summed E-state index contributed by atoms with van der Waals surface area (Å²) in [6, 6.07) is 22.8. The van der Waals surface area contributed by atoms with Crippen LogP contribution in [0.25, 0.3) is 0 Å². The third-order valence-corrected chi connectivity index (χ3v) is 8.22. The van der Waals surface area contributed by atoms with Gasteiger partial charge in [0, 0.05) is 35.4 Å². The van der Waals surface area contributed by atoms with Crippen LogP contribution >= 0.6 is 23.2 Å². The van der Waals surface area contributed by atoms with Gasteiger partial charge in [-0.05, 0) is 53.4 Å². The normalized spacial score (nSPS) is 17.5. The van der Waals surface area contributed by atoms with Crippen LogP contribution in [0, 0.1) is 0 Å². The highest BCUT2D eigenvalue weighted by atomic mass is 35.5. The third-order valence-electron chi connectivity index (χ3n) is 5.92. The van der Waals surface area contributed by atoms with Crippen LogP contribution in [0.3, 0.4) is 0 Å². The molecule has 1 fully saturated rings. The maximum atomic E-state index is 13.3. The van der Waals surface area contributed by atoms with Crippen molar-refractivity contribution in [2.24, 2.45) is 0 Å². The predicted molar refractivity (Wildman–Crippen MR) is 133 cm³/mol. The first kappa shape index (κ1) is 23.1. The van der Waals surface area contributed by atoms with E-state index in [2.05, 4.69) is 11.8 Å². The second kappa shape index (κ2) is 9.84. The van der Waals surface area contributed by atoms with E-state index in [0.717, 1.165) is 28.8 Å². The van der Waals surface area contributed by atoms with Gasteiger partial charge in [0.05, 0.1) is 11.8 Å². The molecule has 1 unspecified atom stereocenters. The minimum absolute atomic E-state index is 0.00231. The molecule has 0 radical (unpaired) electrons. The molecular weight excluding hydrogens is 463 g/mol. The summed E-state index contributed by atoms with van der Waals surface area (Å²) in [5, 5.41) is 1.36. The van der Waals surface area contributed by atoms with Crippen molar-refractivity contribution in [1.82, 2.24) is 4.31 Å². The molecule has 1 heterocycles. The third kappa shape index (κ3) is 5.12. The lowest BCUT2D eigenvalue weighted by Crippen LogP contribution is -2.51. The Morgan fingerprint density at radius 2 is 1.59 bits per heavy atom. The van der Waals surface area contributed by atoms with Crippen molar-refractivity contribution < 1.29 is 8.42 Å². The number of sulfonamides is 1. The van der Waals surface area contributed by atoms with E-state index in [4.69, 9.17) is 23.2 Å². The van der Waals surface area contributed by atoms with Gasteiger partial charge in [-0.15, -0.1) is 0 Å². The number of piperazine rings is 1. The Kier molecular flexibility index (Phi) is 7.11. The zero-order chi connectivity index (χ0) is 22.7. The van der Waals surface area contributed by atoms with E-state index in [9.17, 15) is 8.42 Å². The quantitative estimate of drug-likeness (QED) is 0.430. The Bertz CT molecular complexity index is 1170. The van der Waals surface area contributed by atoms with Crippen LogP contribution in [0.4, 0.5) is 5.69 Å². The summed E-state index contributed by atoms with van der Waals surface area (Å²) in [5.41, 5.74) is 4.07. The lowest BCUT2D eigenvalue weighted by Gasteiger charge is -2.43. The van der Waals surface area contributed by atoms with E-state index in [-0.39, 0.29) is 11.8 Å². The van der Waals surface area contributed by atoms with Gasteiger partial charge in [-0.3, -0.25) is 0 Å². The number of aryl methyl sites for hydroxylation is 1. The van der Waals surface area contributed by atoms with Gasteiger partial charge < -0.3 is 4.90 Å². The van der Waals surface area contributed by atoms with E-state index in [0.29, 0.717) is 29.7 Å². The minimum Gasteiger partial charge on any atom is -0.362 e. The summed E-state index contributed by atoms with van der Waals surface area (Å²) in [5.74, 6) is 0.00231. The van der Waals surface area contributed by atoms with Crippen molar-refractivity contribution in [2.75, 3.05) is 24.5 Å². The van der Waals surface area contributed by atoms with E-state index in [1.807, 2.05) is 72.8 Å². The molecule has 4 rings (SSSR count). The van der Waals surface area contributed by atoms with Gasteiger partial charge in [0.15, 0.2) is 0 Å². The van der Waals surface area contributed by atoms with Crippen LogP contribution in [0.1, 0.15) is 29.7 Å². The van der Waals surface area contributed by atoms with Crippen molar-refractivity contribution >= 4 is 38.9 Å². The first-order valence-electron chi connectivity index (χ1n) is 10.7. The fourth-order valence-electron chi connectivity index (χ4n) is 4.26. The Hall–Kier alpha value is -2.05. The summed E-state index contributed by atoms with van der Waals surface area (Å²) in [6.07, 6.45) is 0.843. The van der Waals surface area contributed by atoms with E-state index < -0.39 is 10.0 Å². The fraction of sp³-hybridized carbons (Fsp3) is 0.280. The number of nitrogens with zero attached hydrogens (tertiary/aromatic N) is 2. The zero-order valence-electron chi connectivity index (χ0n) is 17.9. The molecule has 0 saturated carbocycles. The molecule has 0 N–H and O–H groups in total. The number of hydrogen-bond donors (Lipinski definition) is 0. The second-order valence-electron chi connectivity index (χ2n) is 7.99. The molecule has 0 amide bonds. The van der Waals surface area contributed by atoms with Crippen molar-refractivity contribution in [3.8, 4) is 0 Å². The molecule has 4 nitrogen and oxygen atoms in total. The predicted octanol–water partition coefficient (Wildman–Crippen LogP) is 5.95. The van der Waals surface area contributed by atoms with Crippen molar-refractivity contribution in [3.05, 3.63) is 99.5 Å². The van der Waals surface area contributed by atoms with Gasteiger partial charge in [0.2, 0.25) is 10.0 Å². The average molecular weight is 489 g/mol. The lowest BCUT2D eigenvalue weighted by atomic mass is 10.0. The molecule has 1 aliphatic heterocycles. The Balaban J connectivity index is 1.67. The van der Waals surface area contributed by atoms with Crippen LogP contribution in [-0.4, -0.2) is 32.4 Å². The van der Waals surface area contributed by atoms with Gasteiger partial charge in [-0.1, -0.05) is 72.6 Å². The molecule has 0 aromatic heterocycles. The maximum Gasteiger partial charge on any atom is 0.218 e. The van der Waals surface area contributed by atoms with Gasteiger partial charge in [0.25, 0.3) is 0 Å². The number of rotatable bonds is 6. The highest BCUT2D eigenvalue weighted by Crippen LogP contribution is 2.36. The molecule has 1 atom stereocenters. The first-order valence-corrected chi connectivity index (χ1v) is 13.1. The molecule has 0 bridgehead atoms. The lowest BCUT2D eigenvalue weighted by molar-refractivity contribution is 0.335. The smallest absolute Gasteiger partial charge is 0.218 e. The second-order valence-corrected chi connectivity index (χ2v) is 10.8. The van der Waals surface area contributed by atoms with Crippen LogP contribution in [0.15, 0.2) is 72.8 Å². The minimum atomic E-state index is -3.45. The monoisotopic (exact) mass is 488 g/mol. The SMILES string of the molecule is CCc1cc(Cl)ccc1N1CCN(S(=O)(=O)Cc2ccccc2)CC1c1ccc(Cl)cc1. The van der Waals surface area contributed by atoms with Crippen LogP contribution in [0.5, 0.6) is 0 Å². The van der Waals surface area contributed by atoms with Crippen LogP contribution in [-0.2, 0) is 22.2 Å². The zero-order valence-corrected chi connectivity index (χ0v) is 20.2. The van der Waals surface area contributed by atoms with Gasteiger partial charge in [0.1, 0.15) is 0 Å². The number of hydrogen-bond acceptors (Lipinski definition) is 3. The topological polar surface area (TPSA) is 40.6 Å². The van der Waals surface area contributed by atoms with Crippen molar-refractivity contribution in [1.29, 1.82) is 0 Å². The highest BCUT2D eigenvalue weighted by molar-refractivity contribution is 7.88. The number of benzene rings is 3. The maximum absolute atomic E-state index is 13.3. The largest absolute Gasteiger partial charge is 0.362 e. The van der Waals surface area contributed by atoms with Gasteiger partial charge >= 0.3 is 0 Å². The molecule has 168 valence electrons. The Morgan fingerprint density at radius 1 is 0.906 bits per heavy atom. The number of anilines is 1.